The van der Waals surface area contributed by atoms with Crippen molar-refractivity contribution in [3.63, 3.8) is 0 Å². The summed E-state index contributed by atoms with van der Waals surface area (Å²) in [5.41, 5.74) is 1.85. The average Bonchev–Trinajstić information content (AvgIpc) is 3.20. The van der Waals surface area contributed by atoms with Gasteiger partial charge < -0.3 is 10.2 Å². The Morgan fingerprint density at radius 2 is 1.85 bits per heavy atom. The van der Waals surface area contributed by atoms with Crippen LogP contribution >= 0.6 is 11.6 Å². The summed E-state index contributed by atoms with van der Waals surface area (Å²) in [7, 11) is 0. The molecule has 3 amide bonds. The number of aryl methyl sites for hydroxylation is 1. The molecular weight excluding hydrogens is 442 g/mol. The molecule has 170 valence electrons. The predicted octanol–water partition coefficient (Wildman–Crippen LogP) is 4.08. The van der Waals surface area contributed by atoms with Gasteiger partial charge in [0.25, 0.3) is 5.56 Å². The van der Waals surface area contributed by atoms with Crippen molar-refractivity contribution in [1.82, 2.24) is 14.5 Å². The minimum atomic E-state index is -0.605. The van der Waals surface area contributed by atoms with E-state index in [1.807, 2.05) is 13.0 Å². The zero-order chi connectivity index (χ0) is 23.5. The van der Waals surface area contributed by atoms with Crippen LogP contribution < -0.4 is 16.2 Å². The highest BCUT2D eigenvalue weighted by Gasteiger charge is 2.38. The lowest BCUT2D eigenvalue weighted by molar-refractivity contribution is -0.119. The van der Waals surface area contributed by atoms with Gasteiger partial charge in [-0.05, 0) is 61.7 Å². The summed E-state index contributed by atoms with van der Waals surface area (Å²) in [4.78, 5) is 43.7. The number of amides is 3. The number of hydrogen-bond donors (Lipinski definition) is 2. The molecule has 1 aliphatic heterocycles. The quantitative estimate of drug-likeness (QED) is 0.606. The molecule has 2 N–H and O–H groups in total. The molecule has 2 aromatic heterocycles. The number of carbonyl (C=O) groups is 2. The number of benzene rings is 1. The van der Waals surface area contributed by atoms with Crippen molar-refractivity contribution in [1.29, 1.82) is 0 Å². The van der Waals surface area contributed by atoms with E-state index in [0.717, 1.165) is 0 Å². The number of pyridine rings is 2. The monoisotopic (exact) mass is 465 g/mol. The van der Waals surface area contributed by atoms with Crippen LogP contribution in [0.2, 0.25) is 5.02 Å². The third-order valence-corrected chi connectivity index (χ3v) is 5.81. The molecule has 0 bridgehead atoms. The number of carbonyl (C=O) groups excluding carboxylic acids is 2. The maximum Gasteiger partial charge on any atom is 0.323 e. The van der Waals surface area contributed by atoms with Gasteiger partial charge >= 0.3 is 6.03 Å². The average molecular weight is 466 g/mol. The molecule has 0 saturated carbocycles. The van der Waals surface area contributed by atoms with Crippen LogP contribution in [0.3, 0.4) is 0 Å². The molecule has 1 aliphatic rings. The maximum absolute atomic E-state index is 13.0. The molecule has 2 atom stereocenters. The summed E-state index contributed by atoms with van der Waals surface area (Å²) in [6.07, 6.45) is 3.71. The van der Waals surface area contributed by atoms with E-state index in [1.54, 1.807) is 60.2 Å². The van der Waals surface area contributed by atoms with Gasteiger partial charge in [-0.3, -0.25) is 19.5 Å². The Morgan fingerprint density at radius 1 is 1.09 bits per heavy atom. The number of hydrogen-bond acceptors (Lipinski definition) is 4. The molecule has 9 heteroatoms. The van der Waals surface area contributed by atoms with Gasteiger partial charge in [0.05, 0.1) is 5.02 Å². The predicted molar refractivity (Wildman–Crippen MR) is 128 cm³/mol. The van der Waals surface area contributed by atoms with Crippen molar-refractivity contribution in [2.45, 2.75) is 26.3 Å². The summed E-state index contributed by atoms with van der Waals surface area (Å²) in [5.74, 6) is 0.282. The molecule has 4 rings (SSSR count). The molecule has 1 aromatic carbocycles. The molecular formula is C24H24ClN5O3. The molecule has 3 heterocycles. The van der Waals surface area contributed by atoms with E-state index in [9.17, 15) is 14.4 Å². The molecule has 33 heavy (non-hydrogen) atoms. The van der Waals surface area contributed by atoms with E-state index in [1.165, 1.54) is 11.1 Å². The third kappa shape index (κ3) is 5.06. The van der Waals surface area contributed by atoms with Crippen LogP contribution in [-0.2, 0) is 4.79 Å². The molecule has 0 spiro atoms. The molecule has 1 fully saturated rings. The van der Waals surface area contributed by atoms with Gasteiger partial charge in [-0.25, -0.2) is 9.78 Å². The van der Waals surface area contributed by atoms with Crippen LogP contribution in [0.25, 0.3) is 5.69 Å². The number of likely N-dealkylation sites (tertiary alicyclic amines) is 1. The van der Waals surface area contributed by atoms with Gasteiger partial charge in [0.2, 0.25) is 5.91 Å². The second-order valence-electron chi connectivity index (χ2n) is 8.20. The number of nitrogens with one attached hydrogen (secondary N) is 2. The molecule has 1 saturated heterocycles. The Kier molecular flexibility index (Phi) is 6.46. The highest BCUT2D eigenvalue weighted by atomic mass is 35.5. The van der Waals surface area contributed by atoms with Crippen LogP contribution in [-0.4, -0.2) is 39.0 Å². The first-order valence-electron chi connectivity index (χ1n) is 10.6. The van der Waals surface area contributed by atoms with Crippen molar-refractivity contribution in [2.75, 3.05) is 17.2 Å². The van der Waals surface area contributed by atoms with Gasteiger partial charge in [-0.2, -0.15) is 0 Å². The van der Waals surface area contributed by atoms with Crippen LogP contribution in [0.15, 0.2) is 65.7 Å². The molecule has 0 aliphatic carbocycles. The first-order valence-corrected chi connectivity index (χ1v) is 11.0. The number of rotatable bonds is 4. The second-order valence-corrected chi connectivity index (χ2v) is 8.64. The lowest BCUT2D eigenvalue weighted by atomic mass is 10.1. The Morgan fingerprint density at radius 3 is 2.55 bits per heavy atom. The summed E-state index contributed by atoms with van der Waals surface area (Å²) < 4.78 is 1.55. The fourth-order valence-electron chi connectivity index (χ4n) is 3.89. The first kappa shape index (κ1) is 22.5. The van der Waals surface area contributed by atoms with E-state index < -0.39 is 6.04 Å². The summed E-state index contributed by atoms with van der Waals surface area (Å²) in [6, 6.07) is 12.8. The van der Waals surface area contributed by atoms with Crippen LogP contribution in [0.5, 0.6) is 0 Å². The van der Waals surface area contributed by atoms with E-state index in [4.69, 9.17) is 11.6 Å². The van der Waals surface area contributed by atoms with Gasteiger partial charge in [0.15, 0.2) is 0 Å². The zero-order valence-corrected chi connectivity index (χ0v) is 19.0. The maximum atomic E-state index is 13.0. The van der Waals surface area contributed by atoms with Crippen molar-refractivity contribution >= 4 is 35.0 Å². The van der Waals surface area contributed by atoms with Crippen molar-refractivity contribution in [2.24, 2.45) is 5.92 Å². The number of anilines is 2. The van der Waals surface area contributed by atoms with E-state index in [0.29, 0.717) is 40.7 Å². The van der Waals surface area contributed by atoms with E-state index >= 15 is 0 Å². The molecule has 8 nitrogen and oxygen atoms in total. The fourth-order valence-corrected chi connectivity index (χ4v) is 4.00. The summed E-state index contributed by atoms with van der Waals surface area (Å²) in [5, 5.41) is 6.08. The van der Waals surface area contributed by atoms with Gasteiger partial charge in [-0.15, -0.1) is 0 Å². The largest absolute Gasteiger partial charge is 0.324 e. The first-order chi connectivity index (χ1) is 15.8. The summed E-state index contributed by atoms with van der Waals surface area (Å²) in [6.45, 7) is 4.23. The number of nitrogens with zero attached hydrogens (tertiary/aromatic N) is 3. The van der Waals surface area contributed by atoms with Gasteiger partial charge in [0.1, 0.15) is 11.9 Å². The van der Waals surface area contributed by atoms with Crippen LogP contribution in [0, 0.1) is 12.8 Å². The smallest absolute Gasteiger partial charge is 0.323 e. The lowest BCUT2D eigenvalue weighted by Gasteiger charge is -2.24. The number of aromatic nitrogens is 2. The lowest BCUT2D eigenvalue weighted by Crippen LogP contribution is -2.45. The van der Waals surface area contributed by atoms with Gasteiger partial charge in [-0.1, -0.05) is 24.6 Å². The Balaban J connectivity index is 1.45. The standard InChI is InChI=1S/C24H24ClN5O3/c1-15-12-20(30(14-15)24(33)28-21-10-5-17(25)13-26-21)22(31)27-18-6-8-19(9-7-18)29-11-3-4-16(2)23(29)32/h3-11,13,15,20H,12,14H2,1-2H3,(H,27,31)(H,26,28,33). The van der Waals surface area contributed by atoms with Gasteiger partial charge in [0, 0.05) is 35.9 Å². The van der Waals surface area contributed by atoms with Crippen molar-refractivity contribution < 1.29 is 9.59 Å². The highest BCUT2D eigenvalue weighted by Crippen LogP contribution is 2.25. The summed E-state index contributed by atoms with van der Waals surface area (Å²) >= 11 is 5.84. The second kappa shape index (κ2) is 9.46. The molecule has 0 radical (unpaired) electrons. The fraction of sp³-hybridized carbons (Fsp3) is 0.250. The Bertz CT molecular complexity index is 1220. The SMILES string of the molecule is Cc1cccn(-c2ccc(NC(=O)C3CC(C)CN3C(=O)Nc3ccc(Cl)cn3)cc2)c1=O. The minimum Gasteiger partial charge on any atom is -0.324 e. The normalized spacial score (nSPS) is 17.6. The number of urea groups is 1. The van der Waals surface area contributed by atoms with E-state index in [-0.39, 0.29) is 23.4 Å². The topological polar surface area (TPSA) is 96.3 Å². The zero-order valence-electron chi connectivity index (χ0n) is 18.3. The highest BCUT2D eigenvalue weighted by molar-refractivity contribution is 6.30. The van der Waals surface area contributed by atoms with Crippen LogP contribution in [0.1, 0.15) is 18.9 Å². The Hall–Kier alpha value is -3.65. The number of halogens is 1. The van der Waals surface area contributed by atoms with Crippen molar-refractivity contribution in [3.8, 4) is 5.69 Å². The molecule has 3 aromatic rings. The Labute approximate surface area is 196 Å². The van der Waals surface area contributed by atoms with Crippen molar-refractivity contribution in [3.05, 3.63) is 81.9 Å². The van der Waals surface area contributed by atoms with Crippen LogP contribution in [0.4, 0.5) is 16.3 Å². The van der Waals surface area contributed by atoms with E-state index in [2.05, 4.69) is 15.6 Å². The molecule has 2 unspecified atom stereocenters. The third-order valence-electron chi connectivity index (χ3n) is 5.59. The minimum absolute atomic E-state index is 0.0916.